The van der Waals surface area contributed by atoms with Gasteiger partial charge in [0, 0.05) is 30.2 Å². The molecule has 1 aromatic carbocycles. The number of rotatable bonds is 3. The van der Waals surface area contributed by atoms with Gasteiger partial charge in [-0.2, -0.15) is 0 Å². The molecule has 3 rings (SSSR count). The molecule has 0 amide bonds. The first-order valence-electron chi connectivity index (χ1n) is 6.68. The number of nitrogens with two attached hydrogens (primary N) is 1. The zero-order valence-electron chi connectivity index (χ0n) is 11.6. The molecule has 0 bridgehead atoms. The molecule has 0 unspecified atom stereocenters. The molecule has 0 aliphatic heterocycles. The Morgan fingerprint density at radius 2 is 2.05 bits per heavy atom. The normalized spacial score (nSPS) is 14.3. The first-order chi connectivity index (χ1) is 9.56. The summed E-state index contributed by atoms with van der Waals surface area (Å²) in [6, 6.07) is 3.98. The quantitative estimate of drug-likeness (QED) is 0.871. The van der Waals surface area contributed by atoms with Gasteiger partial charge in [0.15, 0.2) is 0 Å². The van der Waals surface area contributed by atoms with Crippen LogP contribution in [0.25, 0.3) is 0 Å². The van der Waals surface area contributed by atoms with E-state index in [4.69, 9.17) is 10.5 Å². The number of hydrogen-bond acceptors (Lipinski definition) is 4. The lowest BCUT2D eigenvalue weighted by molar-refractivity contribution is 0.442. The molecular formula is C15H17N3O2. The smallest absolute Gasteiger partial charge is 0.313 e. The van der Waals surface area contributed by atoms with Crippen molar-refractivity contribution in [3.8, 4) is 11.6 Å². The summed E-state index contributed by atoms with van der Waals surface area (Å²) in [6.07, 6.45) is 5.39. The molecule has 2 aromatic rings. The summed E-state index contributed by atoms with van der Waals surface area (Å²) in [4.78, 5) is 16.3. The number of benzene rings is 1. The fourth-order valence-electron chi connectivity index (χ4n) is 2.18. The lowest BCUT2D eigenvalue weighted by atomic mass is 10.1. The molecule has 104 valence electrons. The number of aromatic nitrogens is 2. The van der Waals surface area contributed by atoms with Crippen molar-refractivity contribution in [1.82, 2.24) is 9.55 Å². The SMILES string of the molecule is Cc1cc(C)c(Oc2nccn(C3CC3)c2=O)cc1N. The molecular weight excluding hydrogens is 254 g/mol. The third-order valence-corrected chi connectivity index (χ3v) is 3.55. The van der Waals surface area contributed by atoms with E-state index in [2.05, 4.69) is 4.98 Å². The van der Waals surface area contributed by atoms with Crippen molar-refractivity contribution >= 4 is 5.69 Å². The molecule has 5 nitrogen and oxygen atoms in total. The van der Waals surface area contributed by atoms with Crippen LogP contribution in [0.4, 0.5) is 5.69 Å². The van der Waals surface area contributed by atoms with E-state index in [-0.39, 0.29) is 11.4 Å². The Morgan fingerprint density at radius 1 is 1.30 bits per heavy atom. The van der Waals surface area contributed by atoms with Gasteiger partial charge in [-0.3, -0.25) is 4.79 Å². The van der Waals surface area contributed by atoms with Gasteiger partial charge in [0.2, 0.25) is 0 Å². The minimum absolute atomic E-state index is 0.103. The van der Waals surface area contributed by atoms with Gasteiger partial charge in [0.1, 0.15) is 5.75 Å². The second-order valence-corrected chi connectivity index (χ2v) is 5.25. The molecule has 0 saturated heterocycles. The molecule has 20 heavy (non-hydrogen) atoms. The molecule has 1 aromatic heterocycles. The summed E-state index contributed by atoms with van der Waals surface area (Å²) in [6.45, 7) is 3.86. The van der Waals surface area contributed by atoms with Gasteiger partial charge >= 0.3 is 5.56 Å². The Hall–Kier alpha value is -2.30. The first kappa shape index (κ1) is 12.7. The van der Waals surface area contributed by atoms with Crippen LogP contribution in [0.1, 0.15) is 30.0 Å². The van der Waals surface area contributed by atoms with Gasteiger partial charge in [0.05, 0.1) is 0 Å². The van der Waals surface area contributed by atoms with Crippen molar-refractivity contribution in [2.75, 3.05) is 5.73 Å². The third-order valence-electron chi connectivity index (χ3n) is 3.55. The maximum Gasteiger partial charge on any atom is 0.313 e. The topological polar surface area (TPSA) is 70.1 Å². The van der Waals surface area contributed by atoms with Gasteiger partial charge in [-0.1, -0.05) is 6.07 Å². The number of nitrogens with zero attached hydrogens (tertiary/aromatic N) is 2. The van der Waals surface area contributed by atoms with Crippen LogP contribution < -0.4 is 16.0 Å². The first-order valence-corrected chi connectivity index (χ1v) is 6.68. The van der Waals surface area contributed by atoms with E-state index >= 15 is 0 Å². The van der Waals surface area contributed by atoms with Gasteiger partial charge < -0.3 is 15.0 Å². The fraction of sp³-hybridized carbons (Fsp3) is 0.333. The van der Waals surface area contributed by atoms with Crippen LogP contribution in [0, 0.1) is 13.8 Å². The summed E-state index contributed by atoms with van der Waals surface area (Å²) >= 11 is 0. The summed E-state index contributed by atoms with van der Waals surface area (Å²) < 4.78 is 7.36. The number of hydrogen-bond donors (Lipinski definition) is 1. The Balaban J connectivity index is 1.97. The predicted octanol–water partition coefficient (Wildman–Crippen LogP) is 2.57. The molecule has 1 saturated carbocycles. The Kier molecular flexibility index (Phi) is 2.97. The molecule has 1 heterocycles. The Bertz CT molecular complexity index is 718. The Labute approximate surface area is 117 Å². The lowest BCUT2D eigenvalue weighted by Gasteiger charge is -2.11. The molecule has 0 spiro atoms. The number of nitrogen functional groups attached to an aromatic ring is 1. The molecule has 5 heteroatoms. The summed E-state index contributed by atoms with van der Waals surface area (Å²) in [7, 11) is 0. The van der Waals surface area contributed by atoms with E-state index in [0.29, 0.717) is 17.5 Å². The predicted molar refractivity (Wildman–Crippen MR) is 77.2 cm³/mol. The van der Waals surface area contributed by atoms with Crippen molar-refractivity contribution in [2.45, 2.75) is 32.7 Å². The van der Waals surface area contributed by atoms with Crippen LogP contribution in [0.3, 0.4) is 0 Å². The van der Waals surface area contributed by atoms with Crippen LogP contribution >= 0.6 is 0 Å². The summed E-state index contributed by atoms with van der Waals surface area (Å²) in [5, 5.41) is 0. The molecule has 1 fully saturated rings. The monoisotopic (exact) mass is 271 g/mol. The molecule has 1 aliphatic carbocycles. The van der Waals surface area contributed by atoms with E-state index in [0.717, 1.165) is 24.0 Å². The highest BCUT2D eigenvalue weighted by Crippen LogP contribution is 2.33. The second kappa shape index (κ2) is 4.67. The summed E-state index contributed by atoms with van der Waals surface area (Å²) in [5.41, 5.74) is 8.26. The molecule has 0 radical (unpaired) electrons. The molecule has 1 aliphatic rings. The Morgan fingerprint density at radius 3 is 2.75 bits per heavy atom. The van der Waals surface area contributed by atoms with Crippen LogP contribution in [0.15, 0.2) is 29.3 Å². The lowest BCUT2D eigenvalue weighted by Crippen LogP contribution is -2.20. The van der Waals surface area contributed by atoms with E-state index in [9.17, 15) is 4.79 Å². The largest absolute Gasteiger partial charge is 0.434 e. The van der Waals surface area contributed by atoms with E-state index in [1.54, 1.807) is 23.0 Å². The second-order valence-electron chi connectivity index (χ2n) is 5.25. The molecule has 0 atom stereocenters. The van der Waals surface area contributed by atoms with Crippen LogP contribution in [-0.4, -0.2) is 9.55 Å². The van der Waals surface area contributed by atoms with E-state index in [1.165, 1.54) is 0 Å². The van der Waals surface area contributed by atoms with Crippen molar-refractivity contribution in [2.24, 2.45) is 0 Å². The highest BCUT2D eigenvalue weighted by atomic mass is 16.5. The average Bonchev–Trinajstić information content (AvgIpc) is 3.22. The highest BCUT2D eigenvalue weighted by molar-refractivity contribution is 5.54. The van der Waals surface area contributed by atoms with E-state index < -0.39 is 0 Å². The van der Waals surface area contributed by atoms with Crippen molar-refractivity contribution in [3.63, 3.8) is 0 Å². The van der Waals surface area contributed by atoms with Crippen LogP contribution in [-0.2, 0) is 0 Å². The summed E-state index contributed by atoms with van der Waals surface area (Å²) in [5.74, 6) is 0.678. The van der Waals surface area contributed by atoms with Gasteiger partial charge in [-0.15, -0.1) is 0 Å². The zero-order valence-corrected chi connectivity index (χ0v) is 11.6. The van der Waals surface area contributed by atoms with Gasteiger partial charge in [0.25, 0.3) is 5.88 Å². The van der Waals surface area contributed by atoms with Crippen LogP contribution in [0.5, 0.6) is 11.6 Å². The maximum absolute atomic E-state index is 12.3. The van der Waals surface area contributed by atoms with Crippen molar-refractivity contribution in [3.05, 3.63) is 46.0 Å². The van der Waals surface area contributed by atoms with Crippen molar-refractivity contribution < 1.29 is 4.74 Å². The maximum atomic E-state index is 12.3. The number of anilines is 1. The molecule has 2 N–H and O–H groups in total. The van der Waals surface area contributed by atoms with Gasteiger partial charge in [-0.25, -0.2) is 4.98 Å². The highest BCUT2D eigenvalue weighted by Gasteiger charge is 2.25. The minimum atomic E-state index is -0.187. The van der Waals surface area contributed by atoms with Gasteiger partial charge in [-0.05, 0) is 37.8 Å². The minimum Gasteiger partial charge on any atom is -0.434 e. The average molecular weight is 271 g/mol. The number of aryl methyl sites for hydroxylation is 2. The zero-order chi connectivity index (χ0) is 14.3. The standard InChI is InChI=1S/C15H17N3O2/c1-9-7-10(2)13(8-12(9)16)20-14-15(19)18(6-5-17-14)11-3-4-11/h5-8,11H,3-4,16H2,1-2H3. The fourth-order valence-corrected chi connectivity index (χ4v) is 2.18. The number of ether oxygens (including phenoxy) is 1. The van der Waals surface area contributed by atoms with Crippen molar-refractivity contribution in [1.29, 1.82) is 0 Å². The third kappa shape index (κ3) is 2.27. The van der Waals surface area contributed by atoms with E-state index in [1.807, 2.05) is 19.9 Å². The van der Waals surface area contributed by atoms with Crippen LogP contribution in [0.2, 0.25) is 0 Å².